The summed E-state index contributed by atoms with van der Waals surface area (Å²) in [5.74, 6) is 5.99. The van der Waals surface area contributed by atoms with Crippen LogP contribution in [-0.4, -0.2) is 12.6 Å². The first kappa shape index (κ1) is 13.0. The molecule has 0 radical (unpaired) electrons. The molecule has 0 N–H and O–H groups in total. The standard InChI is InChI=1S/C12H20O2/c1-3-4-5-6-7-8-9-10-11-14-12(2)13/h3-6,9-11H2,1-2H3. The van der Waals surface area contributed by atoms with E-state index in [1.165, 1.54) is 26.2 Å². The second-order valence-corrected chi connectivity index (χ2v) is 3.25. The Morgan fingerprint density at radius 1 is 1.14 bits per heavy atom. The van der Waals surface area contributed by atoms with Gasteiger partial charge < -0.3 is 4.74 Å². The summed E-state index contributed by atoms with van der Waals surface area (Å²) in [5.41, 5.74) is 0. The predicted molar refractivity (Wildman–Crippen MR) is 57.8 cm³/mol. The fraction of sp³-hybridized carbons (Fsp3) is 0.750. The van der Waals surface area contributed by atoms with E-state index in [9.17, 15) is 4.79 Å². The van der Waals surface area contributed by atoms with Gasteiger partial charge in [0.2, 0.25) is 0 Å². The zero-order chi connectivity index (χ0) is 10.6. The molecule has 2 heteroatoms. The molecule has 0 unspecified atom stereocenters. The van der Waals surface area contributed by atoms with Crippen molar-refractivity contribution in [3.63, 3.8) is 0 Å². The van der Waals surface area contributed by atoms with Crippen molar-refractivity contribution in [1.82, 2.24) is 0 Å². The molecule has 0 fully saturated rings. The Morgan fingerprint density at radius 2 is 1.79 bits per heavy atom. The number of unbranched alkanes of at least 4 members (excludes halogenated alkanes) is 4. The number of carbonyl (C=O) groups excluding carboxylic acids is 1. The lowest BCUT2D eigenvalue weighted by atomic mass is 10.2. The van der Waals surface area contributed by atoms with Gasteiger partial charge in [-0.2, -0.15) is 0 Å². The van der Waals surface area contributed by atoms with Gasteiger partial charge in [0, 0.05) is 19.8 Å². The molecule has 0 aromatic carbocycles. The number of ether oxygens (including phenoxy) is 1. The highest BCUT2D eigenvalue weighted by Crippen LogP contribution is 1.97. The van der Waals surface area contributed by atoms with Gasteiger partial charge in [-0.3, -0.25) is 4.79 Å². The maximum atomic E-state index is 10.4. The Kier molecular flexibility index (Phi) is 9.41. The van der Waals surface area contributed by atoms with Gasteiger partial charge in [0.1, 0.15) is 0 Å². The summed E-state index contributed by atoms with van der Waals surface area (Å²) in [6.07, 6.45) is 6.39. The number of esters is 1. The van der Waals surface area contributed by atoms with Crippen LogP contribution in [-0.2, 0) is 9.53 Å². The minimum atomic E-state index is -0.207. The summed E-state index contributed by atoms with van der Waals surface area (Å²) in [6.45, 7) is 4.11. The highest BCUT2D eigenvalue weighted by atomic mass is 16.5. The molecule has 14 heavy (non-hydrogen) atoms. The van der Waals surface area contributed by atoms with Crippen molar-refractivity contribution in [2.24, 2.45) is 0 Å². The van der Waals surface area contributed by atoms with Crippen molar-refractivity contribution in [2.45, 2.75) is 52.4 Å². The fourth-order valence-corrected chi connectivity index (χ4v) is 1.02. The van der Waals surface area contributed by atoms with Crippen molar-refractivity contribution >= 4 is 5.97 Å². The number of carbonyl (C=O) groups is 1. The third-order valence-corrected chi connectivity index (χ3v) is 1.78. The van der Waals surface area contributed by atoms with Crippen molar-refractivity contribution in [3.05, 3.63) is 0 Å². The van der Waals surface area contributed by atoms with Gasteiger partial charge in [-0.25, -0.2) is 0 Å². The molecule has 0 aromatic heterocycles. The van der Waals surface area contributed by atoms with Crippen LogP contribution >= 0.6 is 0 Å². The first-order chi connectivity index (χ1) is 6.77. The van der Waals surface area contributed by atoms with E-state index in [1.807, 2.05) is 0 Å². The van der Waals surface area contributed by atoms with Crippen molar-refractivity contribution < 1.29 is 9.53 Å². The zero-order valence-electron chi connectivity index (χ0n) is 9.27. The molecule has 0 aromatic rings. The van der Waals surface area contributed by atoms with E-state index >= 15 is 0 Å². The average Bonchev–Trinajstić information content (AvgIpc) is 2.15. The van der Waals surface area contributed by atoms with Crippen LogP contribution in [0.2, 0.25) is 0 Å². The van der Waals surface area contributed by atoms with Crippen LogP contribution in [0.15, 0.2) is 0 Å². The van der Waals surface area contributed by atoms with Crippen molar-refractivity contribution in [2.75, 3.05) is 6.61 Å². The summed E-state index contributed by atoms with van der Waals surface area (Å²) >= 11 is 0. The monoisotopic (exact) mass is 196 g/mol. The van der Waals surface area contributed by atoms with Gasteiger partial charge in [0.05, 0.1) is 6.61 Å². The van der Waals surface area contributed by atoms with Crippen LogP contribution in [0.25, 0.3) is 0 Å². The van der Waals surface area contributed by atoms with Crippen LogP contribution < -0.4 is 0 Å². The van der Waals surface area contributed by atoms with E-state index in [0.717, 1.165) is 19.3 Å². The van der Waals surface area contributed by atoms with E-state index < -0.39 is 0 Å². The Morgan fingerprint density at radius 3 is 2.36 bits per heavy atom. The zero-order valence-corrected chi connectivity index (χ0v) is 9.27. The molecule has 80 valence electrons. The molecule has 0 aliphatic carbocycles. The first-order valence-electron chi connectivity index (χ1n) is 5.36. The van der Waals surface area contributed by atoms with Gasteiger partial charge in [0.25, 0.3) is 0 Å². The largest absolute Gasteiger partial charge is 0.466 e. The third-order valence-electron chi connectivity index (χ3n) is 1.78. The molecule has 0 atom stereocenters. The topological polar surface area (TPSA) is 26.3 Å². The maximum absolute atomic E-state index is 10.4. The minimum absolute atomic E-state index is 0.207. The molecular weight excluding hydrogens is 176 g/mol. The molecule has 0 aliphatic heterocycles. The SMILES string of the molecule is CCCCCC#CCCCOC(C)=O. The lowest BCUT2D eigenvalue weighted by Gasteiger charge is -1.96. The normalized spacial score (nSPS) is 9.00. The quantitative estimate of drug-likeness (QED) is 0.371. The molecule has 0 amide bonds. The smallest absolute Gasteiger partial charge is 0.302 e. The van der Waals surface area contributed by atoms with Gasteiger partial charge in [-0.15, -0.1) is 11.8 Å². The van der Waals surface area contributed by atoms with Crippen LogP contribution in [0.1, 0.15) is 52.4 Å². The molecule has 0 bridgehead atoms. The van der Waals surface area contributed by atoms with E-state index in [1.54, 1.807) is 0 Å². The van der Waals surface area contributed by atoms with E-state index in [-0.39, 0.29) is 5.97 Å². The molecule has 0 aliphatic rings. The van der Waals surface area contributed by atoms with Crippen LogP contribution in [0, 0.1) is 11.8 Å². The molecule has 0 heterocycles. The van der Waals surface area contributed by atoms with E-state index in [4.69, 9.17) is 4.74 Å². The molecule has 0 saturated heterocycles. The van der Waals surface area contributed by atoms with Gasteiger partial charge in [0.15, 0.2) is 0 Å². The van der Waals surface area contributed by atoms with Crippen LogP contribution in [0.5, 0.6) is 0 Å². The molecule has 2 nitrogen and oxygen atoms in total. The highest BCUT2D eigenvalue weighted by Gasteiger charge is 1.89. The summed E-state index contributed by atoms with van der Waals surface area (Å²) < 4.78 is 4.78. The fourth-order valence-electron chi connectivity index (χ4n) is 1.02. The summed E-state index contributed by atoms with van der Waals surface area (Å²) in [4.78, 5) is 10.4. The first-order valence-corrected chi connectivity index (χ1v) is 5.36. The number of hydrogen-bond acceptors (Lipinski definition) is 2. The van der Waals surface area contributed by atoms with Gasteiger partial charge >= 0.3 is 5.97 Å². The molecular formula is C12H20O2. The Hall–Kier alpha value is -0.970. The van der Waals surface area contributed by atoms with Gasteiger partial charge in [-0.1, -0.05) is 19.8 Å². The van der Waals surface area contributed by atoms with Crippen LogP contribution in [0.3, 0.4) is 0 Å². The average molecular weight is 196 g/mol. The highest BCUT2D eigenvalue weighted by molar-refractivity contribution is 5.65. The van der Waals surface area contributed by atoms with Crippen molar-refractivity contribution in [3.8, 4) is 11.8 Å². The maximum Gasteiger partial charge on any atom is 0.302 e. The molecule has 0 spiro atoms. The third kappa shape index (κ3) is 11.0. The lowest BCUT2D eigenvalue weighted by Crippen LogP contribution is -1.99. The Labute approximate surface area is 87.0 Å². The summed E-state index contributed by atoms with van der Waals surface area (Å²) in [7, 11) is 0. The van der Waals surface area contributed by atoms with Crippen molar-refractivity contribution in [1.29, 1.82) is 0 Å². The number of rotatable bonds is 6. The molecule has 0 rings (SSSR count). The second-order valence-electron chi connectivity index (χ2n) is 3.25. The summed E-state index contributed by atoms with van der Waals surface area (Å²) in [6, 6.07) is 0. The minimum Gasteiger partial charge on any atom is -0.466 e. The van der Waals surface area contributed by atoms with Gasteiger partial charge in [-0.05, 0) is 12.8 Å². The Bertz CT molecular complexity index is 198. The predicted octanol–water partition coefficient (Wildman–Crippen LogP) is 2.91. The lowest BCUT2D eigenvalue weighted by molar-refractivity contribution is -0.141. The Balaban J connectivity index is 3.13. The number of hydrogen-bond donors (Lipinski definition) is 0. The second kappa shape index (κ2) is 10.1. The van der Waals surface area contributed by atoms with E-state index in [2.05, 4.69) is 18.8 Å². The summed E-state index contributed by atoms with van der Waals surface area (Å²) in [5, 5.41) is 0. The van der Waals surface area contributed by atoms with E-state index in [0.29, 0.717) is 6.61 Å². The molecule has 0 saturated carbocycles. The van der Waals surface area contributed by atoms with Crippen LogP contribution in [0.4, 0.5) is 0 Å².